The predicted octanol–water partition coefficient (Wildman–Crippen LogP) is 2.48. The first-order valence-corrected chi connectivity index (χ1v) is 11.1. The highest BCUT2D eigenvalue weighted by Crippen LogP contribution is 2.35. The van der Waals surface area contributed by atoms with Crippen molar-refractivity contribution < 1.29 is 9.59 Å². The molecule has 0 aromatic carbocycles. The fourth-order valence-corrected chi connectivity index (χ4v) is 4.33. The monoisotopic (exact) mass is 408 g/mol. The first kappa shape index (κ1) is 22.8. The van der Waals surface area contributed by atoms with Crippen LogP contribution in [0.3, 0.4) is 0 Å². The molecule has 1 saturated heterocycles. The minimum Gasteiger partial charge on any atom is -0.353 e. The van der Waals surface area contributed by atoms with E-state index < -0.39 is 0 Å². The maximum absolute atomic E-state index is 12.7. The van der Waals surface area contributed by atoms with Gasteiger partial charge in [0.1, 0.15) is 0 Å². The molecule has 158 valence electrons. The van der Waals surface area contributed by atoms with Crippen molar-refractivity contribution >= 4 is 23.2 Å². The second-order valence-electron chi connectivity index (χ2n) is 8.81. The topological polar surface area (TPSA) is 64.7 Å². The summed E-state index contributed by atoms with van der Waals surface area (Å²) in [5, 5.41) is 8.29. The molecule has 1 aromatic rings. The molecule has 1 aliphatic rings. The van der Waals surface area contributed by atoms with E-state index in [1.807, 2.05) is 13.0 Å². The Morgan fingerprint density at radius 3 is 2.04 bits per heavy atom. The Bertz CT molecular complexity index is 619. The molecule has 0 spiro atoms. The minimum absolute atomic E-state index is 0.0190. The van der Waals surface area contributed by atoms with Crippen LogP contribution in [0.4, 0.5) is 0 Å². The quantitative estimate of drug-likeness (QED) is 0.694. The lowest BCUT2D eigenvalue weighted by Crippen LogP contribution is -2.52. The third-order valence-corrected chi connectivity index (χ3v) is 6.16. The van der Waals surface area contributed by atoms with Gasteiger partial charge in [-0.2, -0.15) is 0 Å². The number of hydrogen-bond donors (Lipinski definition) is 2. The molecule has 0 bridgehead atoms. The summed E-state index contributed by atoms with van der Waals surface area (Å²) in [5.41, 5.74) is -0.0395. The number of nitrogens with zero attached hydrogens (tertiary/aromatic N) is 2. The molecule has 1 aromatic heterocycles. The van der Waals surface area contributed by atoms with Crippen LogP contribution < -0.4 is 10.6 Å². The Morgan fingerprint density at radius 2 is 1.61 bits per heavy atom. The number of nitrogens with one attached hydrogen (secondary N) is 2. The van der Waals surface area contributed by atoms with Crippen LogP contribution in [-0.4, -0.2) is 66.9 Å². The van der Waals surface area contributed by atoms with Crippen molar-refractivity contribution in [1.82, 2.24) is 20.4 Å². The second kappa shape index (κ2) is 10.4. The van der Waals surface area contributed by atoms with Gasteiger partial charge in [0.05, 0.1) is 19.1 Å². The van der Waals surface area contributed by atoms with Gasteiger partial charge in [-0.1, -0.05) is 33.8 Å². The fourth-order valence-electron chi connectivity index (χ4n) is 3.31. The molecular weight excluding hydrogens is 372 g/mol. The van der Waals surface area contributed by atoms with Crippen molar-refractivity contribution in [3.05, 3.63) is 22.4 Å². The Morgan fingerprint density at radius 1 is 1.07 bits per heavy atom. The van der Waals surface area contributed by atoms with E-state index in [2.05, 4.69) is 59.6 Å². The minimum atomic E-state index is -0.0395. The number of amides is 2. The summed E-state index contributed by atoms with van der Waals surface area (Å²) in [4.78, 5) is 30.2. The number of thiophene rings is 1. The van der Waals surface area contributed by atoms with Crippen LogP contribution in [0.1, 0.15) is 52.0 Å². The van der Waals surface area contributed by atoms with Crippen LogP contribution in [-0.2, 0) is 9.59 Å². The van der Waals surface area contributed by atoms with Gasteiger partial charge < -0.3 is 10.6 Å². The van der Waals surface area contributed by atoms with Crippen molar-refractivity contribution in [2.45, 2.75) is 53.1 Å². The van der Waals surface area contributed by atoms with Crippen molar-refractivity contribution in [2.24, 2.45) is 5.41 Å². The molecule has 2 N–H and O–H groups in total. The van der Waals surface area contributed by atoms with Crippen LogP contribution in [0.25, 0.3) is 0 Å². The lowest BCUT2D eigenvalue weighted by molar-refractivity contribution is -0.126. The van der Waals surface area contributed by atoms with Gasteiger partial charge in [0.2, 0.25) is 11.8 Å². The number of carbonyl (C=O) groups excluding carboxylic acids is 2. The van der Waals surface area contributed by atoms with E-state index in [4.69, 9.17) is 0 Å². The number of hydrogen-bond acceptors (Lipinski definition) is 5. The van der Waals surface area contributed by atoms with Crippen molar-refractivity contribution in [2.75, 3.05) is 39.3 Å². The third-order valence-electron chi connectivity index (χ3n) is 5.22. The third kappa shape index (κ3) is 7.18. The molecular formula is C21H36N4O2S. The molecule has 1 aliphatic heterocycles. The molecule has 0 saturated carbocycles. The standard InChI is InChI=1S/C21H36N4O2S/c1-6-16(2)22-18(26)14-24-9-11-25(12-10-24)15-19(27)23-20(21(3,4)5)17-8-7-13-28-17/h7-8,13,16,20H,6,9-12,14-15H2,1-5H3,(H,22,26)(H,23,27). The van der Waals surface area contributed by atoms with Gasteiger partial charge in [-0.3, -0.25) is 19.4 Å². The van der Waals surface area contributed by atoms with E-state index in [9.17, 15) is 9.59 Å². The number of piperazine rings is 1. The molecule has 2 atom stereocenters. The van der Waals surface area contributed by atoms with Crippen LogP contribution >= 0.6 is 11.3 Å². The average molecular weight is 409 g/mol. The van der Waals surface area contributed by atoms with Crippen molar-refractivity contribution in [3.63, 3.8) is 0 Å². The zero-order valence-corrected chi connectivity index (χ0v) is 18.8. The van der Waals surface area contributed by atoms with Gasteiger partial charge in [-0.25, -0.2) is 0 Å². The molecule has 1 fully saturated rings. The van der Waals surface area contributed by atoms with Crippen molar-refractivity contribution in [3.8, 4) is 0 Å². The lowest BCUT2D eigenvalue weighted by atomic mass is 9.85. The zero-order chi connectivity index (χ0) is 20.7. The second-order valence-corrected chi connectivity index (χ2v) is 9.79. The summed E-state index contributed by atoms with van der Waals surface area (Å²) in [6, 6.07) is 4.35. The highest BCUT2D eigenvalue weighted by Gasteiger charge is 2.29. The zero-order valence-electron chi connectivity index (χ0n) is 18.0. The Balaban J connectivity index is 1.77. The van der Waals surface area contributed by atoms with Gasteiger partial charge in [-0.05, 0) is 30.2 Å². The van der Waals surface area contributed by atoms with E-state index in [0.717, 1.165) is 32.6 Å². The van der Waals surface area contributed by atoms with E-state index in [1.165, 1.54) is 4.88 Å². The highest BCUT2D eigenvalue weighted by atomic mass is 32.1. The summed E-state index contributed by atoms with van der Waals surface area (Å²) in [6.07, 6.45) is 0.940. The first-order valence-electron chi connectivity index (χ1n) is 10.3. The fraction of sp³-hybridized carbons (Fsp3) is 0.714. The van der Waals surface area contributed by atoms with E-state index >= 15 is 0 Å². The molecule has 2 unspecified atom stereocenters. The Kier molecular flexibility index (Phi) is 8.46. The summed E-state index contributed by atoms with van der Waals surface area (Å²) in [5.74, 6) is 0.154. The molecule has 28 heavy (non-hydrogen) atoms. The smallest absolute Gasteiger partial charge is 0.234 e. The summed E-state index contributed by atoms with van der Waals surface area (Å²) in [6.45, 7) is 14.6. The van der Waals surface area contributed by atoms with Gasteiger partial charge in [0, 0.05) is 37.1 Å². The van der Waals surface area contributed by atoms with Gasteiger partial charge >= 0.3 is 0 Å². The Labute approximate surface area is 173 Å². The number of rotatable bonds is 8. The summed E-state index contributed by atoms with van der Waals surface area (Å²) in [7, 11) is 0. The average Bonchev–Trinajstić information content (AvgIpc) is 3.14. The first-order chi connectivity index (χ1) is 13.2. The van der Waals surface area contributed by atoms with Gasteiger partial charge in [0.15, 0.2) is 0 Å². The molecule has 2 heterocycles. The van der Waals surface area contributed by atoms with Crippen LogP contribution in [0.5, 0.6) is 0 Å². The van der Waals surface area contributed by atoms with E-state index in [1.54, 1.807) is 11.3 Å². The molecule has 0 radical (unpaired) electrons. The summed E-state index contributed by atoms with van der Waals surface area (Å²) < 4.78 is 0. The number of carbonyl (C=O) groups is 2. The SMILES string of the molecule is CCC(C)NC(=O)CN1CCN(CC(=O)NC(c2cccs2)C(C)(C)C)CC1. The van der Waals surface area contributed by atoms with Crippen LogP contribution in [0.15, 0.2) is 17.5 Å². The maximum atomic E-state index is 12.7. The van der Waals surface area contributed by atoms with Crippen LogP contribution in [0.2, 0.25) is 0 Å². The largest absolute Gasteiger partial charge is 0.353 e. The summed E-state index contributed by atoms with van der Waals surface area (Å²) >= 11 is 1.68. The maximum Gasteiger partial charge on any atom is 0.234 e. The predicted molar refractivity (Wildman–Crippen MR) is 115 cm³/mol. The molecule has 6 nitrogen and oxygen atoms in total. The van der Waals surface area contributed by atoms with Crippen molar-refractivity contribution in [1.29, 1.82) is 0 Å². The van der Waals surface area contributed by atoms with Gasteiger partial charge in [0.25, 0.3) is 0 Å². The molecule has 2 rings (SSSR count). The Hall–Kier alpha value is -1.44. The molecule has 2 amide bonds. The van der Waals surface area contributed by atoms with E-state index in [-0.39, 0.29) is 29.3 Å². The van der Waals surface area contributed by atoms with E-state index in [0.29, 0.717) is 13.1 Å². The normalized spacial score (nSPS) is 18.5. The lowest BCUT2D eigenvalue weighted by Gasteiger charge is -2.35. The van der Waals surface area contributed by atoms with Gasteiger partial charge in [-0.15, -0.1) is 11.3 Å². The molecule has 0 aliphatic carbocycles. The highest BCUT2D eigenvalue weighted by molar-refractivity contribution is 7.10. The van der Waals surface area contributed by atoms with Crippen LogP contribution in [0, 0.1) is 5.41 Å². The molecule has 7 heteroatoms.